The summed E-state index contributed by atoms with van der Waals surface area (Å²) in [7, 11) is 0. The predicted octanol–water partition coefficient (Wildman–Crippen LogP) is 1.07. The topological polar surface area (TPSA) is 73.6 Å². The van der Waals surface area contributed by atoms with Crippen LogP contribution in [-0.4, -0.2) is 29.1 Å². The highest BCUT2D eigenvalue weighted by Crippen LogP contribution is 2.02. The Hall–Kier alpha value is -1.67. The van der Waals surface area contributed by atoms with Crippen molar-refractivity contribution in [1.82, 2.24) is 15.3 Å². The predicted molar refractivity (Wildman–Crippen MR) is 63.1 cm³/mol. The molecule has 0 fully saturated rings. The highest BCUT2D eigenvalue weighted by molar-refractivity contribution is 5.32. The molecule has 0 radical (unpaired) electrons. The lowest BCUT2D eigenvalue weighted by Gasteiger charge is -2.09. The minimum Gasteiger partial charge on any atom is -0.353 e. The summed E-state index contributed by atoms with van der Waals surface area (Å²) in [6.07, 6.45) is 0. The molecule has 0 aliphatic heterocycles. The molecule has 0 saturated heterocycles. The summed E-state index contributed by atoms with van der Waals surface area (Å²) in [5.74, 6) is 0.516. The van der Waals surface area contributed by atoms with E-state index in [0.29, 0.717) is 17.7 Å². The van der Waals surface area contributed by atoms with Crippen LogP contribution in [0.3, 0.4) is 0 Å². The number of nitriles is 1. The third-order valence-corrected chi connectivity index (χ3v) is 1.93. The number of aromatic nitrogens is 2. The van der Waals surface area contributed by atoms with Crippen molar-refractivity contribution < 1.29 is 0 Å². The number of hydrogen-bond donors (Lipinski definition) is 2. The maximum Gasteiger partial charge on any atom is 0.224 e. The van der Waals surface area contributed by atoms with E-state index in [1.54, 1.807) is 6.07 Å². The van der Waals surface area contributed by atoms with E-state index in [4.69, 9.17) is 5.26 Å². The molecule has 2 N–H and O–H groups in total. The Bertz CT molecular complexity index is 380. The van der Waals surface area contributed by atoms with Gasteiger partial charge < -0.3 is 10.6 Å². The van der Waals surface area contributed by atoms with Gasteiger partial charge in [0, 0.05) is 24.8 Å². The van der Waals surface area contributed by atoms with Crippen molar-refractivity contribution in [2.75, 3.05) is 18.4 Å². The molecule has 1 aromatic rings. The molecule has 0 aromatic carbocycles. The lowest BCUT2D eigenvalue weighted by Crippen LogP contribution is -2.28. The normalized spacial score (nSPS) is 10.2. The fourth-order valence-electron chi connectivity index (χ4n) is 1.24. The Balaban J connectivity index is 2.48. The van der Waals surface area contributed by atoms with Crippen LogP contribution < -0.4 is 10.6 Å². The number of aryl methyl sites for hydroxylation is 1. The van der Waals surface area contributed by atoms with Gasteiger partial charge in [0.25, 0.3) is 0 Å². The zero-order valence-corrected chi connectivity index (χ0v) is 9.91. The summed E-state index contributed by atoms with van der Waals surface area (Å²) < 4.78 is 0. The molecule has 1 heterocycles. The zero-order valence-electron chi connectivity index (χ0n) is 9.91. The number of hydrogen-bond acceptors (Lipinski definition) is 5. The summed E-state index contributed by atoms with van der Waals surface area (Å²) >= 11 is 0. The first-order valence-corrected chi connectivity index (χ1v) is 5.35. The third-order valence-electron chi connectivity index (χ3n) is 1.93. The van der Waals surface area contributed by atoms with E-state index in [-0.39, 0.29) is 0 Å². The molecular formula is C11H17N5. The highest BCUT2D eigenvalue weighted by atomic mass is 15.1. The van der Waals surface area contributed by atoms with Crippen molar-refractivity contribution in [3.8, 4) is 6.07 Å². The van der Waals surface area contributed by atoms with Crippen molar-refractivity contribution in [2.45, 2.75) is 26.8 Å². The molecule has 0 atom stereocenters. The van der Waals surface area contributed by atoms with Gasteiger partial charge in [-0.05, 0) is 13.0 Å². The summed E-state index contributed by atoms with van der Waals surface area (Å²) in [4.78, 5) is 8.25. The minimum absolute atomic E-state index is 0.395. The Morgan fingerprint density at radius 2 is 2.12 bits per heavy atom. The largest absolute Gasteiger partial charge is 0.353 e. The van der Waals surface area contributed by atoms with Crippen LogP contribution in [0.25, 0.3) is 0 Å². The first-order valence-electron chi connectivity index (χ1n) is 5.35. The summed E-state index contributed by atoms with van der Waals surface area (Å²) in [5, 5.41) is 15.1. The average molecular weight is 219 g/mol. The van der Waals surface area contributed by atoms with Crippen molar-refractivity contribution >= 4 is 5.95 Å². The highest BCUT2D eigenvalue weighted by Gasteiger charge is 2.00. The molecular weight excluding hydrogens is 202 g/mol. The number of nitrogens with one attached hydrogen (secondary N) is 2. The second-order valence-corrected chi connectivity index (χ2v) is 3.87. The van der Waals surface area contributed by atoms with E-state index in [9.17, 15) is 0 Å². The Morgan fingerprint density at radius 3 is 2.75 bits per heavy atom. The molecule has 0 spiro atoms. The monoisotopic (exact) mass is 219 g/mol. The SMILES string of the molecule is Cc1cc(C#N)nc(NCCNC(C)C)n1. The van der Waals surface area contributed by atoms with Crippen molar-refractivity contribution in [3.63, 3.8) is 0 Å². The number of nitrogens with zero attached hydrogens (tertiary/aromatic N) is 3. The van der Waals surface area contributed by atoms with Gasteiger partial charge in [0.2, 0.25) is 5.95 Å². The average Bonchev–Trinajstić information content (AvgIpc) is 2.23. The molecule has 0 bridgehead atoms. The molecule has 1 aromatic heterocycles. The molecule has 0 aliphatic rings. The van der Waals surface area contributed by atoms with Crippen LogP contribution in [0.4, 0.5) is 5.95 Å². The second kappa shape index (κ2) is 6.03. The van der Waals surface area contributed by atoms with Gasteiger partial charge in [-0.1, -0.05) is 13.8 Å². The van der Waals surface area contributed by atoms with Gasteiger partial charge in [-0.15, -0.1) is 0 Å². The molecule has 0 unspecified atom stereocenters. The molecule has 1 rings (SSSR count). The Morgan fingerprint density at radius 1 is 1.38 bits per heavy atom. The molecule has 5 heteroatoms. The minimum atomic E-state index is 0.395. The van der Waals surface area contributed by atoms with Crippen LogP contribution in [0.5, 0.6) is 0 Å². The Kier molecular flexibility index (Phi) is 4.67. The number of rotatable bonds is 5. The first kappa shape index (κ1) is 12.4. The molecule has 5 nitrogen and oxygen atoms in total. The van der Waals surface area contributed by atoms with Crippen LogP contribution in [0.15, 0.2) is 6.07 Å². The first-order chi connectivity index (χ1) is 7.61. The standard InChI is InChI=1S/C11H17N5/c1-8(2)13-4-5-14-11-15-9(3)6-10(7-12)16-11/h6,8,13H,4-5H2,1-3H3,(H,14,15,16). The quantitative estimate of drug-likeness (QED) is 0.724. The third kappa shape index (κ3) is 4.24. The maximum atomic E-state index is 8.75. The van der Waals surface area contributed by atoms with Gasteiger partial charge in [-0.25, -0.2) is 9.97 Å². The summed E-state index contributed by atoms with van der Waals surface area (Å²) in [6, 6.07) is 4.14. The van der Waals surface area contributed by atoms with Crippen molar-refractivity contribution in [1.29, 1.82) is 5.26 Å². The van der Waals surface area contributed by atoms with Crippen LogP contribution in [0.2, 0.25) is 0 Å². The van der Waals surface area contributed by atoms with Gasteiger partial charge in [0.15, 0.2) is 0 Å². The lowest BCUT2D eigenvalue weighted by atomic mass is 10.3. The van der Waals surface area contributed by atoms with E-state index in [0.717, 1.165) is 18.8 Å². The molecule has 86 valence electrons. The molecule has 16 heavy (non-hydrogen) atoms. The maximum absolute atomic E-state index is 8.75. The Labute approximate surface area is 95.9 Å². The van der Waals surface area contributed by atoms with Crippen molar-refractivity contribution in [2.24, 2.45) is 0 Å². The fourth-order valence-corrected chi connectivity index (χ4v) is 1.24. The van der Waals surface area contributed by atoms with Crippen LogP contribution in [0, 0.1) is 18.3 Å². The van der Waals surface area contributed by atoms with E-state index in [1.165, 1.54) is 0 Å². The van der Waals surface area contributed by atoms with Gasteiger partial charge in [0.1, 0.15) is 11.8 Å². The van der Waals surface area contributed by atoms with Crippen LogP contribution in [-0.2, 0) is 0 Å². The van der Waals surface area contributed by atoms with E-state index >= 15 is 0 Å². The van der Waals surface area contributed by atoms with Crippen LogP contribution >= 0.6 is 0 Å². The fraction of sp³-hybridized carbons (Fsp3) is 0.545. The zero-order chi connectivity index (χ0) is 12.0. The summed E-state index contributed by atoms with van der Waals surface area (Å²) in [6.45, 7) is 7.62. The van der Waals surface area contributed by atoms with E-state index in [2.05, 4.69) is 34.4 Å². The van der Waals surface area contributed by atoms with Gasteiger partial charge in [-0.2, -0.15) is 5.26 Å². The van der Waals surface area contributed by atoms with Crippen LogP contribution in [0.1, 0.15) is 25.2 Å². The number of anilines is 1. The smallest absolute Gasteiger partial charge is 0.224 e. The molecule has 0 saturated carbocycles. The van der Waals surface area contributed by atoms with Gasteiger partial charge in [0.05, 0.1) is 0 Å². The van der Waals surface area contributed by atoms with Gasteiger partial charge >= 0.3 is 0 Å². The molecule has 0 amide bonds. The second-order valence-electron chi connectivity index (χ2n) is 3.87. The summed E-state index contributed by atoms with van der Waals surface area (Å²) in [5.41, 5.74) is 1.19. The van der Waals surface area contributed by atoms with E-state index < -0.39 is 0 Å². The van der Waals surface area contributed by atoms with E-state index in [1.807, 2.05) is 13.0 Å². The molecule has 0 aliphatic carbocycles. The van der Waals surface area contributed by atoms with Gasteiger partial charge in [-0.3, -0.25) is 0 Å². The lowest BCUT2D eigenvalue weighted by molar-refractivity contribution is 0.601. The van der Waals surface area contributed by atoms with Crippen molar-refractivity contribution in [3.05, 3.63) is 17.5 Å².